The van der Waals surface area contributed by atoms with Crippen LogP contribution in [0.4, 0.5) is 5.69 Å². The summed E-state index contributed by atoms with van der Waals surface area (Å²) in [7, 11) is 4.50. The molecule has 5 heteroatoms. The van der Waals surface area contributed by atoms with Crippen LogP contribution in [0, 0.1) is 0 Å². The van der Waals surface area contributed by atoms with Gasteiger partial charge < -0.3 is 19.5 Å². The molecule has 0 amide bonds. The summed E-state index contributed by atoms with van der Waals surface area (Å²) < 4.78 is 15.1. The number of nitrogens with one attached hydrogen (secondary N) is 1. The lowest BCUT2D eigenvalue weighted by molar-refractivity contribution is -0.144. The van der Waals surface area contributed by atoms with Gasteiger partial charge in [0.15, 0.2) is 0 Å². The molecular weight excluding hydrogens is 234 g/mol. The van der Waals surface area contributed by atoms with E-state index in [1.54, 1.807) is 46.3 Å². The molecule has 18 heavy (non-hydrogen) atoms. The van der Waals surface area contributed by atoms with Crippen LogP contribution in [0.15, 0.2) is 18.2 Å². The number of benzene rings is 1. The standard InChI is InChI=1S/C13H19NO4/c1-13(2,12(15)18-5)14-10-8-9(16-3)6-7-11(10)17-4/h6-8,14H,1-5H3. The molecule has 1 aromatic rings. The van der Waals surface area contributed by atoms with Gasteiger partial charge in [-0.05, 0) is 26.0 Å². The predicted octanol–water partition coefficient (Wildman–Crippen LogP) is 2.07. The topological polar surface area (TPSA) is 56.8 Å². The molecule has 1 rings (SSSR count). The maximum atomic E-state index is 11.6. The summed E-state index contributed by atoms with van der Waals surface area (Å²) in [6.45, 7) is 3.47. The molecule has 0 aliphatic heterocycles. The van der Waals surface area contributed by atoms with Crippen LogP contribution < -0.4 is 14.8 Å². The fraction of sp³-hybridized carbons (Fsp3) is 0.462. The third-order valence-electron chi connectivity index (χ3n) is 2.55. The number of hydrogen-bond donors (Lipinski definition) is 1. The average Bonchev–Trinajstić information content (AvgIpc) is 2.37. The molecule has 100 valence electrons. The summed E-state index contributed by atoms with van der Waals surface area (Å²) in [6.07, 6.45) is 0. The molecule has 0 spiro atoms. The highest BCUT2D eigenvalue weighted by molar-refractivity contribution is 5.84. The van der Waals surface area contributed by atoms with E-state index in [0.717, 1.165) is 0 Å². The molecule has 1 aromatic carbocycles. The smallest absolute Gasteiger partial charge is 0.330 e. The zero-order valence-electron chi connectivity index (χ0n) is 11.4. The molecule has 0 heterocycles. The first kappa shape index (κ1) is 14.2. The molecule has 1 N–H and O–H groups in total. The Bertz CT molecular complexity index is 429. The molecule has 0 aliphatic rings. The van der Waals surface area contributed by atoms with Crippen molar-refractivity contribution in [3.63, 3.8) is 0 Å². The molecule has 0 unspecified atom stereocenters. The van der Waals surface area contributed by atoms with Gasteiger partial charge in [0.2, 0.25) is 0 Å². The molecule has 0 fully saturated rings. The minimum atomic E-state index is -0.853. The Hall–Kier alpha value is -1.91. The van der Waals surface area contributed by atoms with Gasteiger partial charge in [-0.15, -0.1) is 0 Å². The predicted molar refractivity (Wildman–Crippen MR) is 69.3 cm³/mol. The molecule has 0 bridgehead atoms. The number of rotatable bonds is 5. The van der Waals surface area contributed by atoms with E-state index in [2.05, 4.69) is 5.32 Å². The van der Waals surface area contributed by atoms with E-state index >= 15 is 0 Å². The first-order valence-electron chi connectivity index (χ1n) is 5.53. The lowest BCUT2D eigenvalue weighted by atomic mass is 10.1. The molecule has 0 aliphatic carbocycles. The van der Waals surface area contributed by atoms with Crippen LogP contribution in [-0.2, 0) is 9.53 Å². The highest BCUT2D eigenvalue weighted by Crippen LogP contribution is 2.31. The van der Waals surface area contributed by atoms with Gasteiger partial charge in [-0.25, -0.2) is 4.79 Å². The van der Waals surface area contributed by atoms with Gasteiger partial charge in [0, 0.05) is 6.07 Å². The van der Waals surface area contributed by atoms with Gasteiger partial charge in [0.05, 0.1) is 27.0 Å². The van der Waals surface area contributed by atoms with Gasteiger partial charge in [-0.2, -0.15) is 0 Å². The Balaban J connectivity index is 3.05. The SMILES string of the molecule is COC(=O)C(C)(C)Nc1cc(OC)ccc1OC. The van der Waals surface area contributed by atoms with Gasteiger partial charge in [0.1, 0.15) is 17.0 Å². The monoisotopic (exact) mass is 253 g/mol. The van der Waals surface area contributed by atoms with Crippen LogP contribution in [0.1, 0.15) is 13.8 Å². The minimum absolute atomic E-state index is 0.354. The molecule has 5 nitrogen and oxygen atoms in total. The first-order valence-corrected chi connectivity index (χ1v) is 5.53. The number of esters is 1. The second-order valence-electron chi connectivity index (χ2n) is 4.31. The lowest BCUT2D eigenvalue weighted by Crippen LogP contribution is -2.41. The van der Waals surface area contributed by atoms with Crippen molar-refractivity contribution < 1.29 is 19.0 Å². The fourth-order valence-electron chi connectivity index (χ4n) is 1.55. The Morgan fingerprint density at radius 3 is 2.33 bits per heavy atom. The largest absolute Gasteiger partial charge is 0.497 e. The summed E-state index contributed by atoms with van der Waals surface area (Å²) in [5, 5.41) is 3.08. The van der Waals surface area contributed by atoms with Crippen molar-refractivity contribution in [3.8, 4) is 11.5 Å². The van der Waals surface area contributed by atoms with Crippen LogP contribution in [-0.4, -0.2) is 32.8 Å². The van der Waals surface area contributed by atoms with Crippen molar-refractivity contribution in [2.45, 2.75) is 19.4 Å². The van der Waals surface area contributed by atoms with Gasteiger partial charge in [-0.3, -0.25) is 0 Å². The Labute approximate surface area is 107 Å². The van der Waals surface area contributed by atoms with Gasteiger partial charge >= 0.3 is 5.97 Å². The molecular formula is C13H19NO4. The maximum Gasteiger partial charge on any atom is 0.330 e. The van der Waals surface area contributed by atoms with Crippen LogP contribution in [0.5, 0.6) is 11.5 Å². The summed E-state index contributed by atoms with van der Waals surface area (Å²) in [5.74, 6) is 0.958. The number of anilines is 1. The normalized spacial score (nSPS) is 10.7. The van der Waals surface area contributed by atoms with Crippen LogP contribution in [0.25, 0.3) is 0 Å². The second kappa shape index (κ2) is 5.62. The Morgan fingerprint density at radius 1 is 1.17 bits per heavy atom. The minimum Gasteiger partial charge on any atom is -0.497 e. The van der Waals surface area contributed by atoms with E-state index in [-0.39, 0.29) is 5.97 Å². The molecule has 0 aromatic heterocycles. The summed E-state index contributed by atoms with van der Waals surface area (Å²) in [5.41, 5.74) is -0.179. The quantitative estimate of drug-likeness (QED) is 0.814. The molecule has 0 saturated heterocycles. The number of ether oxygens (including phenoxy) is 3. The van der Waals surface area contributed by atoms with E-state index in [0.29, 0.717) is 17.2 Å². The van der Waals surface area contributed by atoms with E-state index in [4.69, 9.17) is 14.2 Å². The molecule has 0 radical (unpaired) electrons. The van der Waals surface area contributed by atoms with E-state index in [1.807, 2.05) is 0 Å². The Kier molecular flexibility index (Phi) is 4.42. The first-order chi connectivity index (χ1) is 8.44. The van der Waals surface area contributed by atoms with Crippen LogP contribution >= 0.6 is 0 Å². The summed E-state index contributed by atoms with van der Waals surface area (Å²) in [4.78, 5) is 11.6. The zero-order valence-corrected chi connectivity index (χ0v) is 11.4. The maximum absolute atomic E-state index is 11.6. The van der Waals surface area contributed by atoms with Gasteiger partial charge in [-0.1, -0.05) is 0 Å². The number of methoxy groups -OCH3 is 3. The van der Waals surface area contributed by atoms with Crippen molar-refractivity contribution in [2.75, 3.05) is 26.6 Å². The van der Waals surface area contributed by atoms with Crippen molar-refractivity contribution >= 4 is 11.7 Å². The number of carbonyl (C=O) groups is 1. The van der Waals surface area contributed by atoms with Gasteiger partial charge in [0.25, 0.3) is 0 Å². The summed E-state index contributed by atoms with van der Waals surface area (Å²) >= 11 is 0. The van der Waals surface area contributed by atoms with E-state index in [1.165, 1.54) is 7.11 Å². The van der Waals surface area contributed by atoms with Crippen molar-refractivity contribution in [1.82, 2.24) is 0 Å². The highest BCUT2D eigenvalue weighted by atomic mass is 16.5. The van der Waals surface area contributed by atoms with E-state index in [9.17, 15) is 4.79 Å². The van der Waals surface area contributed by atoms with Crippen molar-refractivity contribution in [1.29, 1.82) is 0 Å². The fourth-order valence-corrected chi connectivity index (χ4v) is 1.55. The molecule has 0 saturated carbocycles. The lowest BCUT2D eigenvalue weighted by Gasteiger charge is -2.25. The third kappa shape index (κ3) is 3.06. The van der Waals surface area contributed by atoms with Crippen molar-refractivity contribution in [2.24, 2.45) is 0 Å². The highest BCUT2D eigenvalue weighted by Gasteiger charge is 2.29. The third-order valence-corrected chi connectivity index (χ3v) is 2.55. The van der Waals surface area contributed by atoms with Crippen molar-refractivity contribution in [3.05, 3.63) is 18.2 Å². The number of carbonyl (C=O) groups excluding carboxylic acids is 1. The second-order valence-corrected chi connectivity index (χ2v) is 4.31. The zero-order chi connectivity index (χ0) is 13.8. The van der Waals surface area contributed by atoms with E-state index < -0.39 is 5.54 Å². The summed E-state index contributed by atoms with van der Waals surface area (Å²) in [6, 6.07) is 5.33. The number of hydrogen-bond acceptors (Lipinski definition) is 5. The van der Waals surface area contributed by atoms with Crippen LogP contribution in [0.3, 0.4) is 0 Å². The molecule has 0 atom stereocenters. The average molecular weight is 253 g/mol. The van der Waals surface area contributed by atoms with Crippen LogP contribution in [0.2, 0.25) is 0 Å². The Morgan fingerprint density at radius 2 is 1.83 bits per heavy atom.